The lowest BCUT2D eigenvalue weighted by Gasteiger charge is -2.21. The first-order valence-electron chi connectivity index (χ1n) is 5.44. The van der Waals surface area contributed by atoms with Crippen molar-refractivity contribution in [2.24, 2.45) is 0 Å². The number of anilines is 1. The predicted molar refractivity (Wildman–Crippen MR) is 67.7 cm³/mol. The summed E-state index contributed by atoms with van der Waals surface area (Å²) in [4.78, 5) is 17.1. The summed E-state index contributed by atoms with van der Waals surface area (Å²) in [6.07, 6.45) is 3.75. The highest BCUT2D eigenvalue weighted by atomic mass is 35.5. The lowest BCUT2D eigenvalue weighted by molar-refractivity contribution is 0.0690. The van der Waals surface area contributed by atoms with E-state index >= 15 is 0 Å². The lowest BCUT2D eigenvalue weighted by atomic mass is 10.1. The number of hydrogen-bond acceptors (Lipinski definition) is 3. The van der Waals surface area contributed by atoms with E-state index < -0.39 is 5.97 Å². The predicted octanol–water partition coefficient (Wildman–Crippen LogP) is 2.68. The average molecular weight is 253 g/mol. The van der Waals surface area contributed by atoms with Crippen molar-refractivity contribution in [3.05, 3.63) is 29.1 Å². The Morgan fingerprint density at radius 3 is 2.71 bits per heavy atom. The first-order chi connectivity index (χ1) is 8.13. The third kappa shape index (κ3) is 2.26. The standard InChI is InChI=1S/C12H13ClN2O2/c1-2-8-9(15-5-3-4-6-15)7-10(13)14-11(8)12(16)17/h2,7H,1,3-6H2,(H,16,17). The van der Waals surface area contributed by atoms with Crippen LogP contribution in [0.4, 0.5) is 5.69 Å². The van der Waals surface area contributed by atoms with Gasteiger partial charge in [-0.15, -0.1) is 0 Å². The van der Waals surface area contributed by atoms with Crippen molar-refractivity contribution in [2.45, 2.75) is 12.8 Å². The molecule has 2 heterocycles. The van der Waals surface area contributed by atoms with Crippen molar-refractivity contribution < 1.29 is 9.90 Å². The molecule has 0 radical (unpaired) electrons. The second-order valence-corrected chi connectivity index (χ2v) is 4.32. The third-order valence-electron chi connectivity index (χ3n) is 2.86. The van der Waals surface area contributed by atoms with Gasteiger partial charge >= 0.3 is 5.97 Å². The molecule has 1 fully saturated rings. The van der Waals surface area contributed by atoms with Gasteiger partial charge in [0.1, 0.15) is 5.15 Å². The molecule has 0 spiro atoms. The zero-order valence-corrected chi connectivity index (χ0v) is 10.1. The van der Waals surface area contributed by atoms with E-state index in [1.165, 1.54) is 6.08 Å². The van der Waals surface area contributed by atoms with Gasteiger partial charge in [-0.2, -0.15) is 0 Å². The Morgan fingerprint density at radius 2 is 2.18 bits per heavy atom. The van der Waals surface area contributed by atoms with Crippen LogP contribution in [-0.2, 0) is 0 Å². The molecule has 1 aromatic heterocycles. The van der Waals surface area contributed by atoms with Crippen molar-refractivity contribution >= 4 is 29.3 Å². The van der Waals surface area contributed by atoms with Gasteiger partial charge in [0.05, 0.1) is 0 Å². The Kier molecular flexibility index (Phi) is 3.33. The molecule has 2 rings (SSSR count). The van der Waals surface area contributed by atoms with Gasteiger partial charge in [0.25, 0.3) is 0 Å². The molecule has 0 unspecified atom stereocenters. The number of halogens is 1. The number of rotatable bonds is 3. The number of nitrogens with zero attached hydrogens (tertiary/aromatic N) is 2. The summed E-state index contributed by atoms with van der Waals surface area (Å²) >= 11 is 5.87. The van der Waals surface area contributed by atoms with Crippen LogP contribution in [0.1, 0.15) is 28.9 Å². The van der Waals surface area contributed by atoms with Crippen molar-refractivity contribution in [1.29, 1.82) is 0 Å². The number of hydrogen-bond donors (Lipinski definition) is 1. The third-order valence-corrected chi connectivity index (χ3v) is 3.05. The summed E-state index contributed by atoms with van der Waals surface area (Å²) in [7, 11) is 0. The van der Waals surface area contributed by atoms with E-state index in [0.717, 1.165) is 31.6 Å². The second-order valence-electron chi connectivity index (χ2n) is 3.93. The highest BCUT2D eigenvalue weighted by molar-refractivity contribution is 6.30. The van der Waals surface area contributed by atoms with Crippen molar-refractivity contribution in [1.82, 2.24) is 4.98 Å². The van der Waals surface area contributed by atoms with Crippen molar-refractivity contribution in [2.75, 3.05) is 18.0 Å². The quantitative estimate of drug-likeness (QED) is 0.841. The summed E-state index contributed by atoms with van der Waals surface area (Å²) in [5.74, 6) is -1.08. The minimum atomic E-state index is -1.08. The van der Waals surface area contributed by atoms with E-state index in [0.29, 0.717) is 5.56 Å². The number of carboxylic acids is 1. The van der Waals surface area contributed by atoms with E-state index in [2.05, 4.69) is 16.5 Å². The highest BCUT2D eigenvalue weighted by Crippen LogP contribution is 2.29. The van der Waals surface area contributed by atoms with E-state index in [4.69, 9.17) is 16.7 Å². The molecule has 1 aliphatic rings. The molecule has 0 aliphatic carbocycles. The van der Waals surface area contributed by atoms with Crippen LogP contribution in [0, 0.1) is 0 Å². The number of carbonyl (C=O) groups is 1. The Labute approximate surface area is 105 Å². The van der Waals surface area contributed by atoms with Crippen LogP contribution < -0.4 is 4.90 Å². The van der Waals surface area contributed by atoms with Gasteiger partial charge in [0.15, 0.2) is 5.69 Å². The molecule has 17 heavy (non-hydrogen) atoms. The van der Waals surface area contributed by atoms with Crippen LogP contribution in [0.5, 0.6) is 0 Å². The number of aromatic nitrogens is 1. The number of pyridine rings is 1. The summed E-state index contributed by atoms with van der Waals surface area (Å²) in [5, 5.41) is 9.30. The van der Waals surface area contributed by atoms with Crippen LogP contribution in [0.2, 0.25) is 5.15 Å². The van der Waals surface area contributed by atoms with Gasteiger partial charge in [-0.25, -0.2) is 9.78 Å². The molecule has 1 N–H and O–H groups in total. The van der Waals surface area contributed by atoms with E-state index in [1.54, 1.807) is 6.07 Å². The molecular formula is C12H13ClN2O2. The Balaban J connectivity index is 2.56. The molecule has 1 aliphatic heterocycles. The van der Waals surface area contributed by atoms with Gasteiger partial charge in [0, 0.05) is 24.3 Å². The van der Waals surface area contributed by atoms with Crippen LogP contribution in [-0.4, -0.2) is 29.1 Å². The molecule has 1 aromatic rings. The maximum Gasteiger partial charge on any atom is 0.355 e. The van der Waals surface area contributed by atoms with Gasteiger partial charge < -0.3 is 10.0 Å². The molecule has 0 amide bonds. The fourth-order valence-electron chi connectivity index (χ4n) is 2.10. The first kappa shape index (κ1) is 11.9. The Bertz CT molecular complexity index is 468. The van der Waals surface area contributed by atoms with E-state index in [9.17, 15) is 4.79 Å². The smallest absolute Gasteiger partial charge is 0.355 e. The average Bonchev–Trinajstić information content (AvgIpc) is 2.81. The van der Waals surface area contributed by atoms with Crippen molar-refractivity contribution in [3.63, 3.8) is 0 Å². The minimum Gasteiger partial charge on any atom is -0.476 e. The maximum atomic E-state index is 11.1. The summed E-state index contributed by atoms with van der Waals surface area (Å²) in [5.41, 5.74) is 1.33. The molecule has 90 valence electrons. The molecular weight excluding hydrogens is 240 g/mol. The summed E-state index contributed by atoms with van der Waals surface area (Å²) in [6, 6.07) is 1.70. The zero-order valence-electron chi connectivity index (χ0n) is 9.32. The fraction of sp³-hybridized carbons (Fsp3) is 0.333. The van der Waals surface area contributed by atoms with E-state index in [-0.39, 0.29) is 10.8 Å². The molecule has 5 heteroatoms. The zero-order chi connectivity index (χ0) is 12.4. The molecule has 0 bridgehead atoms. The highest BCUT2D eigenvalue weighted by Gasteiger charge is 2.21. The normalized spacial score (nSPS) is 15.0. The summed E-state index contributed by atoms with van der Waals surface area (Å²) < 4.78 is 0. The monoisotopic (exact) mass is 252 g/mol. The number of carboxylic acid groups (broad SMARTS) is 1. The van der Waals surface area contributed by atoms with Crippen LogP contribution in [0.15, 0.2) is 12.6 Å². The van der Waals surface area contributed by atoms with Crippen molar-refractivity contribution in [3.8, 4) is 0 Å². The van der Waals surface area contributed by atoms with Crippen LogP contribution in [0.3, 0.4) is 0 Å². The van der Waals surface area contributed by atoms with E-state index in [1.807, 2.05) is 0 Å². The molecule has 0 aromatic carbocycles. The molecule has 1 saturated heterocycles. The fourth-order valence-corrected chi connectivity index (χ4v) is 2.28. The molecule has 4 nitrogen and oxygen atoms in total. The van der Waals surface area contributed by atoms with Crippen LogP contribution >= 0.6 is 11.6 Å². The number of aromatic carboxylic acids is 1. The lowest BCUT2D eigenvalue weighted by Crippen LogP contribution is -2.20. The van der Waals surface area contributed by atoms with Gasteiger partial charge in [-0.05, 0) is 18.9 Å². The summed E-state index contributed by atoms with van der Waals surface area (Å²) in [6.45, 7) is 5.50. The Hall–Kier alpha value is -1.55. The topological polar surface area (TPSA) is 53.4 Å². The SMILES string of the molecule is C=Cc1c(N2CCCC2)cc(Cl)nc1C(=O)O. The van der Waals surface area contributed by atoms with Gasteiger partial charge in [-0.3, -0.25) is 0 Å². The Morgan fingerprint density at radius 1 is 1.53 bits per heavy atom. The maximum absolute atomic E-state index is 11.1. The molecule has 0 atom stereocenters. The largest absolute Gasteiger partial charge is 0.476 e. The molecule has 0 saturated carbocycles. The van der Waals surface area contributed by atoms with Gasteiger partial charge in [0.2, 0.25) is 0 Å². The van der Waals surface area contributed by atoms with Crippen LogP contribution in [0.25, 0.3) is 6.08 Å². The second kappa shape index (κ2) is 4.75. The first-order valence-corrected chi connectivity index (χ1v) is 5.82. The van der Waals surface area contributed by atoms with Gasteiger partial charge in [-0.1, -0.05) is 24.3 Å². The minimum absolute atomic E-state index is 0.0330.